The Balaban J connectivity index is 1.85. The van der Waals surface area contributed by atoms with Gasteiger partial charge < -0.3 is 10.1 Å². The molecule has 2 unspecified atom stereocenters. The van der Waals surface area contributed by atoms with E-state index in [4.69, 9.17) is 4.74 Å². The van der Waals surface area contributed by atoms with Crippen LogP contribution in [0.3, 0.4) is 0 Å². The van der Waals surface area contributed by atoms with E-state index in [1.165, 1.54) is 25.3 Å². The van der Waals surface area contributed by atoms with Crippen molar-refractivity contribution in [3.05, 3.63) is 34.1 Å². The van der Waals surface area contributed by atoms with Gasteiger partial charge in [-0.3, -0.25) is 0 Å². The average Bonchev–Trinajstić information content (AvgIpc) is 2.47. The Morgan fingerprint density at radius 2 is 2.29 bits per heavy atom. The summed E-state index contributed by atoms with van der Waals surface area (Å²) in [6, 6.07) is 5.54. The average molecular weight is 356 g/mol. The summed E-state index contributed by atoms with van der Waals surface area (Å²) in [6.45, 7) is 3.83. The largest absolute Gasteiger partial charge is 0.375 e. The van der Waals surface area contributed by atoms with Gasteiger partial charge in [-0.2, -0.15) is 0 Å². The van der Waals surface area contributed by atoms with Gasteiger partial charge in [-0.15, -0.1) is 0 Å². The molecule has 4 heteroatoms. The summed E-state index contributed by atoms with van der Waals surface area (Å²) in [5.74, 6) is 0.331. The van der Waals surface area contributed by atoms with E-state index >= 15 is 0 Å². The predicted molar refractivity (Wildman–Crippen MR) is 85.8 cm³/mol. The van der Waals surface area contributed by atoms with Gasteiger partial charge in [0.05, 0.1) is 10.1 Å². The van der Waals surface area contributed by atoms with Crippen molar-refractivity contribution in [2.75, 3.05) is 13.2 Å². The Labute approximate surface area is 134 Å². The summed E-state index contributed by atoms with van der Waals surface area (Å²) in [7, 11) is 0. The molecule has 1 heterocycles. The Kier molecular flexibility index (Phi) is 4.67. The molecule has 0 radical (unpaired) electrons. The first kappa shape index (κ1) is 15.4. The van der Waals surface area contributed by atoms with E-state index in [2.05, 4.69) is 28.2 Å². The topological polar surface area (TPSA) is 21.3 Å². The zero-order valence-electron chi connectivity index (χ0n) is 12.5. The highest BCUT2D eigenvalue weighted by Gasteiger charge is 2.44. The molecule has 1 spiro atoms. The molecule has 1 aliphatic carbocycles. The minimum absolute atomic E-state index is 0.121. The highest BCUT2D eigenvalue weighted by atomic mass is 79.9. The molecule has 1 N–H and O–H groups in total. The third kappa shape index (κ3) is 3.03. The molecule has 2 fully saturated rings. The number of benzene rings is 1. The normalized spacial score (nSPS) is 25.6. The lowest BCUT2D eigenvalue weighted by Gasteiger charge is -2.49. The fourth-order valence-electron chi connectivity index (χ4n) is 3.78. The van der Waals surface area contributed by atoms with E-state index in [1.54, 1.807) is 6.07 Å². The highest BCUT2D eigenvalue weighted by molar-refractivity contribution is 9.10. The number of nitrogens with one attached hydrogen (secondary N) is 1. The molecule has 1 saturated heterocycles. The number of hydrogen-bond acceptors (Lipinski definition) is 2. The van der Waals surface area contributed by atoms with Gasteiger partial charge in [-0.1, -0.05) is 19.1 Å². The summed E-state index contributed by atoms with van der Waals surface area (Å²) in [6.07, 6.45) is 5.79. The van der Waals surface area contributed by atoms with Crippen LogP contribution in [0.2, 0.25) is 0 Å². The number of hydrogen-bond donors (Lipinski definition) is 1. The van der Waals surface area contributed by atoms with Crippen LogP contribution in [0.1, 0.15) is 50.6 Å². The lowest BCUT2D eigenvalue weighted by molar-refractivity contribution is -0.147. The van der Waals surface area contributed by atoms with Gasteiger partial charge in [-0.25, -0.2) is 4.39 Å². The molecule has 2 nitrogen and oxygen atoms in total. The maximum absolute atomic E-state index is 13.9. The predicted octanol–water partition coefficient (Wildman–Crippen LogP) is 4.59. The number of ether oxygens (including phenoxy) is 1. The fraction of sp³-hybridized carbons (Fsp3) is 0.647. The van der Waals surface area contributed by atoms with E-state index in [-0.39, 0.29) is 17.5 Å². The summed E-state index contributed by atoms with van der Waals surface area (Å²) in [5, 5.41) is 3.57. The standard InChI is InChI=1S/C17H23BrFNO/c1-2-20-16(13-5-3-6-14(19)15(13)18)12-7-10-21-17(11-12)8-4-9-17/h3,5-6,12,16,20H,2,4,7-11H2,1H3. The molecule has 2 atom stereocenters. The molecule has 1 aromatic carbocycles. The third-order valence-corrected chi connectivity index (χ3v) is 5.84. The van der Waals surface area contributed by atoms with Crippen LogP contribution in [-0.2, 0) is 4.74 Å². The van der Waals surface area contributed by atoms with E-state index in [1.807, 2.05) is 6.07 Å². The second-order valence-electron chi connectivity index (χ2n) is 6.32. The molecule has 116 valence electrons. The second-order valence-corrected chi connectivity index (χ2v) is 7.11. The van der Waals surface area contributed by atoms with Gasteiger partial charge in [0.2, 0.25) is 0 Å². The summed E-state index contributed by atoms with van der Waals surface area (Å²) >= 11 is 3.43. The van der Waals surface area contributed by atoms with Gasteiger partial charge in [0, 0.05) is 12.6 Å². The van der Waals surface area contributed by atoms with Crippen molar-refractivity contribution in [2.24, 2.45) is 5.92 Å². The van der Waals surface area contributed by atoms with Gasteiger partial charge in [0.1, 0.15) is 5.82 Å². The maximum Gasteiger partial charge on any atom is 0.137 e. The molecule has 0 amide bonds. The van der Waals surface area contributed by atoms with E-state index < -0.39 is 0 Å². The monoisotopic (exact) mass is 355 g/mol. The lowest BCUT2D eigenvalue weighted by Crippen LogP contribution is -2.48. The van der Waals surface area contributed by atoms with E-state index in [9.17, 15) is 4.39 Å². The van der Waals surface area contributed by atoms with Crippen molar-refractivity contribution < 1.29 is 9.13 Å². The van der Waals surface area contributed by atoms with Crippen molar-refractivity contribution in [3.8, 4) is 0 Å². The fourth-order valence-corrected chi connectivity index (χ4v) is 4.29. The summed E-state index contributed by atoms with van der Waals surface area (Å²) in [4.78, 5) is 0. The molecule has 0 aromatic heterocycles. The van der Waals surface area contributed by atoms with Crippen LogP contribution in [0.25, 0.3) is 0 Å². The molecular formula is C17H23BrFNO. The number of rotatable bonds is 4. The molecule has 1 aromatic rings. The van der Waals surface area contributed by atoms with Crippen molar-refractivity contribution in [2.45, 2.75) is 50.7 Å². The van der Waals surface area contributed by atoms with Crippen LogP contribution >= 0.6 is 15.9 Å². The minimum Gasteiger partial charge on any atom is -0.375 e. The molecule has 1 aliphatic heterocycles. The van der Waals surface area contributed by atoms with Gasteiger partial charge in [0.25, 0.3) is 0 Å². The smallest absolute Gasteiger partial charge is 0.137 e. The SMILES string of the molecule is CCNC(c1cccc(F)c1Br)C1CCOC2(CCC2)C1. The first-order chi connectivity index (χ1) is 10.2. The molecule has 1 saturated carbocycles. The van der Waals surface area contributed by atoms with Crippen molar-refractivity contribution in [1.82, 2.24) is 5.32 Å². The van der Waals surface area contributed by atoms with Crippen molar-refractivity contribution in [1.29, 1.82) is 0 Å². The lowest BCUT2D eigenvalue weighted by atomic mass is 9.69. The zero-order chi connectivity index (χ0) is 14.9. The quantitative estimate of drug-likeness (QED) is 0.852. The molecule has 0 bridgehead atoms. The van der Waals surface area contributed by atoms with Crippen molar-refractivity contribution in [3.63, 3.8) is 0 Å². The Bertz CT molecular complexity index is 504. The summed E-state index contributed by atoms with van der Waals surface area (Å²) < 4.78 is 20.5. The van der Waals surface area contributed by atoms with Crippen LogP contribution in [0, 0.1) is 11.7 Å². The zero-order valence-corrected chi connectivity index (χ0v) is 14.1. The van der Waals surface area contributed by atoms with Crippen LogP contribution in [0.5, 0.6) is 0 Å². The van der Waals surface area contributed by atoms with Gasteiger partial charge in [-0.05, 0) is 72.1 Å². The second kappa shape index (κ2) is 6.35. The van der Waals surface area contributed by atoms with E-state index in [0.29, 0.717) is 10.4 Å². The van der Waals surface area contributed by atoms with Gasteiger partial charge >= 0.3 is 0 Å². The first-order valence-electron chi connectivity index (χ1n) is 7.96. The Morgan fingerprint density at radius 1 is 1.48 bits per heavy atom. The first-order valence-corrected chi connectivity index (χ1v) is 8.76. The molecule has 3 rings (SSSR count). The minimum atomic E-state index is -0.180. The third-order valence-electron chi connectivity index (χ3n) is 5.01. The molecule has 2 aliphatic rings. The van der Waals surface area contributed by atoms with Crippen molar-refractivity contribution >= 4 is 15.9 Å². The highest BCUT2D eigenvalue weighted by Crippen LogP contribution is 2.47. The summed E-state index contributed by atoms with van der Waals surface area (Å²) in [5.41, 5.74) is 1.16. The number of halogens is 2. The maximum atomic E-state index is 13.9. The van der Waals surface area contributed by atoms with Crippen LogP contribution in [0.4, 0.5) is 4.39 Å². The van der Waals surface area contributed by atoms with Crippen LogP contribution in [-0.4, -0.2) is 18.8 Å². The Morgan fingerprint density at radius 3 is 2.95 bits per heavy atom. The van der Waals surface area contributed by atoms with Crippen LogP contribution in [0.15, 0.2) is 22.7 Å². The Hall–Kier alpha value is -0.450. The van der Waals surface area contributed by atoms with Gasteiger partial charge in [0.15, 0.2) is 0 Å². The molecular weight excluding hydrogens is 333 g/mol. The molecule has 21 heavy (non-hydrogen) atoms. The van der Waals surface area contributed by atoms with E-state index in [0.717, 1.165) is 31.6 Å². The van der Waals surface area contributed by atoms with Crippen LogP contribution < -0.4 is 5.32 Å².